The summed E-state index contributed by atoms with van der Waals surface area (Å²) in [5.74, 6) is 1.42. The minimum absolute atomic E-state index is 0.263. The van der Waals surface area contributed by atoms with Gasteiger partial charge < -0.3 is 25.1 Å². The van der Waals surface area contributed by atoms with Crippen molar-refractivity contribution in [1.29, 1.82) is 5.41 Å². The Morgan fingerprint density at radius 3 is 2.80 bits per heavy atom. The smallest absolute Gasteiger partial charge is 0.326 e. The molecular formula is C30H31FN6O3. The minimum Gasteiger partial charge on any atom is -0.484 e. The number of ether oxygens (including phenoxy) is 2. The van der Waals surface area contributed by atoms with Gasteiger partial charge in [0.05, 0.1) is 23.6 Å². The van der Waals surface area contributed by atoms with Gasteiger partial charge >= 0.3 is 6.03 Å². The minimum atomic E-state index is -0.488. The molecule has 0 spiro atoms. The highest BCUT2D eigenvalue weighted by atomic mass is 19.1. The van der Waals surface area contributed by atoms with Crippen LogP contribution in [-0.4, -0.2) is 41.2 Å². The summed E-state index contributed by atoms with van der Waals surface area (Å²) in [5, 5.41) is 10.5. The van der Waals surface area contributed by atoms with Gasteiger partial charge in [-0.15, -0.1) is 0 Å². The predicted octanol–water partition coefficient (Wildman–Crippen LogP) is 5.85. The van der Waals surface area contributed by atoms with Gasteiger partial charge in [0, 0.05) is 56.2 Å². The lowest BCUT2D eigenvalue weighted by Crippen LogP contribution is -2.40. The lowest BCUT2D eigenvalue weighted by atomic mass is 9.96. The number of anilines is 2. The highest BCUT2D eigenvalue weighted by Crippen LogP contribution is 2.46. The van der Waals surface area contributed by atoms with Crippen LogP contribution < -0.4 is 19.7 Å². The Morgan fingerprint density at radius 1 is 1.25 bits per heavy atom. The van der Waals surface area contributed by atoms with Crippen molar-refractivity contribution in [3.63, 3.8) is 0 Å². The van der Waals surface area contributed by atoms with E-state index in [4.69, 9.17) is 19.9 Å². The second-order valence-corrected chi connectivity index (χ2v) is 10.6. The van der Waals surface area contributed by atoms with Gasteiger partial charge in [-0.3, -0.25) is 9.88 Å². The molecule has 0 saturated heterocycles. The number of fused-ring (bicyclic) bond motifs is 2. The Morgan fingerprint density at radius 2 is 2.08 bits per heavy atom. The zero-order valence-electron chi connectivity index (χ0n) is 22.7. The maximum absolute atomic E-state index is 14.4. The van der Waals surface area contributed by atoms with E-state index in [-0.39, 0.29) is 11.8 Å². The van der Waals surface area contributed by atoms with Crippen molar-refractivity contribution in [3.8, 4) is 11.6 Å². The first-order chi connectivity index (χ1) is 19.3. The number of nitrogens with one attached hydrogen (secondary N) is 2. The number of benzene rings is 1. The highest BCUT2D eigenvalue weighted by molar-refractivity contribution is 6.05. The zero-order chi connectivity index (χ0) is 28.0. The lowest BCUT2D eigenvalue weighted by Gasteiger charge is -2.33. The SMILES string of the molecule is Cc1cc2c(cc1N1Cc3c(cc(O/C(=C/C=N)N(C)C)nc3C3CC3)NC1=O)OC(c1ncccc1F)CC2. The second-order valence-electron chi connectivity index (χ2n) is 10.6. The highest BCUT2D eigenvalue weighted by Gasteiger charge is 2.35. The van der Waals surface area contributed by atoms with Crippen molar-refractivity contribution < 1.29 is 18.7 Å². The number of rotatable bonds is 7. The van der Waals surface area contributed by atoms with Crippen LogP contribution in [0.3, 0.4) is 0 Å². The van der Waals surface area contributed by atoms with Crippen LogP contribution in [0.5, 0.6) is 11.6 Å². The first kappa shape index (κ1) is 25.8. The number of hydrogen-bond acceptors (Lipinski definition) is 7. The zero-order valence-corrected chi connectivity index (χ0v) is 22.7. The fourth-order valence-electron chi connectivity index (χ4n) is 5.31. The molecule has 1 aliphatic carbocycles. The largest absolute Gasteiger partial charge is 0.484 e. The monoisotopic (exact) mass is 542 g/mol. The fraction of sp³-hybridized carbons (Fsp3) is 0.333. The summed E-state index contributed by atoms with van der Waals surface area (Å²) in [6, 6.07) is 8.37. The van der Waals surface area contributed by atoms with Gasteiger partial charge in [0.15, 0.2) is 5.88 Å². The summed E-state index contributed by atoms with van der Waals surface area (Å²) >= 11 is 0. The molecule has 9 nitrogen and oxygen atoms in total. The summed E-state index contributed by atoms with van der Waals surface area (Å²) in [6.07, 6.45) is 7.21. The van der Waals surface area contributed by atoms with Crippen LogP contribution in [0.1, 0.15) is 59.4 Å². The molecule has 1 unspecified atom stereocenters. The average Bonchev–Trinajstić information content (AvgIpc) is 3.77. The predicted molar refractivity (Wildman–Crippen MR) is 150 cm³/mol. The van der Waals surface area contributed by atoms with Gasteiger partial charge in [0.1, 0.15) is 23.4 Å². The van der Waals surface area contributed by atoms with E-state index in [1.807, 2.05) is 33.2 Å². The van der Waals surface area contributed by atoms with Crippen LogP contribution in [0.15, 0.2) is 48.5 Å². The molecular weight excluding hydrogens is 511 g/mol. The van der Waals surface area contributed by atoms with E-state index in [9.17, 15) is 9.18 Å². The molecule has 2 aromatic heterocycles. The average molecular weight is 543 g/mol. The van der Waals surface area contributed by atoms with Crippen LogP contribution >= 0.6 is 0 Å². The molecule has 0 radical (unpaired) electrons. The number of nitrogens with zero attached hydrogens (tertiary/aromatic N) is 4. The molecule has 4 heterocycles. The molecule has 3 aliphatic rings. The number of carbonyl (C=O) groups is 1. The number of pyridine rings is 2. The Kier molecular flexibility index (Phi) is 6.61. The fourth-order valence-corrected chi connectivity index (χ4v) is 5.31. The normalized spacial score (nSPS) is 18.3. The Balaban J connectivity index is 1.32. The standard InChI is InChI=1S/C30H31FN6O3/c1-17-13-19-8-9-24(29-21(31)5-4-12-33-29)39-25(19)15-23(17)37-16-20-22(34-30(37)38)14-26(35-28(20)18-6-7-18)40-27(10-11-32)36(2)3/h4-5,10-15,18,24,32H,6-9,16H2,1-3H3,(H,34,38)/b27-10+,32-11?. The van der Waals surface area contributed by atoms with Crippen LogP contribution in [-0.2, 0) is 13.0 Å². The van der Waals surface area contributed by atoms with Gasteiger partial charge in [-0.05, 0) is 55.9 Å². The molecule has 2 aliphatic heterocycles. The lowest BCUT2D eigenvalue weighted by molar-refractivity contribution is 0.167. The molecule has 1 saturated carbocycles. The molecule has 206 valence electrons. The number of amides is 2. The molecule has 10 heteroatoms. The van der Waals surface area contributed by atoms with E-state index in [0.717, 1.165) is 53.5 Å². The number of aryl methyl sites for hydroxylation is 2. The van der Waals surface area contributed by atoms with Crippen LogP contribution in [0.2, 0.25) is 0 Å². The van der Waals surface area contributed by atoms with Gasteiger partial charge in [-0.1, -0.05) is 6.07 Å². The van der Waals surface area contributed by atoms with Crippen molar-refractivity contribution >= 4 is 23.6 Å². The molecule has 1 fully saturated rings. The van der Waals surface area contributed by atoms with E-state index >= 15 is 0 Å². The number of hydrogen-bond donors (Lipinski definition) is 2. The van der Waals surface area contributed by atoms with Crippen LogP contribution in [0.25, 0.3) is 0 Å². The number of halogens is 1. The summed E-state index contributed by atoms with van der Waals surface area (Å²) in [4.78, 5) is 26.0. The van der Waals surface area contributed by atoms with E-state index in [1.165, 1.54) is 6.07 Å². The number of aromatic nitrogens is 2. The van der Waals surface area contributed by atoms with Crippen molar-refractivity contribution in [2.45, 2.75) is 51.2 Å². The van der Waals surface area contributed by atoms with Crippen LogP contribution in [0.4, 0.5) is 20.6 Å². The van der Waals surface area contributed by atoms with E-state index < -0.39 is 6.10 Å². The van der Waals surface area contributed by atoms with Crippen molar-refractivity contribution in [1.82, 2.24) is 14.9 Å². The number of urea groups is 1. The van der Waals surface area contributed by atoms with Gasteiger partial charge in [-0.25, -0.2) is 14.2 Å². The molecule has 0 bridgehead atoms. The molecule has 3 aromatic rings. The number of carbonyl (C=O) groups excluding carboxylic acids is 1. The third kappa shape index (κ3) is 4.85. The van der Waals surface area contributed by atoms with E-state index in [0.29, 0.717) is 47.8 Å². The van der Waals surface area contributed by atoms with Gasteiger partial charge in [0.25, 0.3) is 0 Å². The maximum atomic E-state index is 14.4. The Labute approximate surface area is 232 Å². The van der Waals surface area contributed by atoms with Crippen LogP contribution in [0, 0.1) is 18.2 Å². The van der Waals surface area contributed by atoms with Gasteiger partial charge in [0.2, 0.25) is 5.88 Å². The van der Waals surface area contributed by atoms with Crippen molar-refractivity contribution in [3.05, 3.63) is 82.4 Å². The quantitative estimate of drug-likeness (QED) is 0.287. The van der Waals surface area contributed by atoms with Gasteiger partial charge in [-0.2, -0.15) is 0 Å². The molecule has 6 rings (SSSR count). The summed E-state index contributed by atoms with van der Waals surface area (Å²) in [7, 11) is 3.66. The summed E-state index contributed by atoms with van der Waals surface area (Å²) in [5.41, 5.74) is 5.58. The summed E-state index contributed by atoms with van der Waals surface area (Å²) < 4.78 is 26.7. The topological polar surface area (TPSA) is 104 Å². The third-order valence-corrected chi connectivity index (χ3v) is 7.48. The molecule has 2 N–H and O–H groups in total. The molecule has 2 amide bonds. The summed E-state index contributed by atoms with van der Waals surface area (Å²) in [6.45, 7) is 2.34. The van der Waals surface area contributed by atoms with Crippen molar-refractivity contribution in [2.24, 2.45) is 0 Å². The first-order valence-corrected chi connectivity index (χ1v) is 13.4. The number of allylic oxidation sites excluding steroid dienone is 1. The first-order valence-electron chi connectivity index (χ1n) is 13.4. The Hall–Kier alpha value is -4.47. The Bertz CT molecular complexity index is 1530. The van der Waals surface area contributed by atoms with E-state index in [2.05, 4.69) is 10.3 Å². The van der Waals surface area contributed by atoms with Crippen molar-refractivity contribution in [2.75, 3.05) is 24.3 Å². The molecule has 1 atom stereocenters. The second kappa shape index (κ2) is 10.3. The molecule has 1 aromatic carbocycles. The third-order valence-electron chi connectivity index (χ3n) is 7.48. The van der Waals surface area contributed by atoms with E-state index in [1.54, 1.807) is 34.2 Å². The molecule has 40 heavy (non-hydrogen) atoms. The maximum Gasteiger partial charge on any atom is 0.326 e.